The predicted molar refractivity (Wildman–Crippen MR) is 82.1 cm³/mol. The third-order valence-corrected chi connectivity index (χ3v) is 3.07. The van der Waals surface area contributed by atoms with Crippen LogP contribution in [0.25, 0.3) is 0 Å². The van der Waals surface area contributed by atoms with E-state index in [1.807, 2.05) is 0 Å². The van der Waals surface area contributed by atoms with Crippen molar-refractivity contribution in [1.82, 2.24) is 0 Å². The number of hydrogen-bond donors (Lipinski definition) is 3. The molecule has 1 aromatic rings. The summed E-state index contributed by atoms with van der Waals surface area (Å²) in [5.74, 6) is -2.94. The molecule has 0 spiro atoms. The summed E-state index contributed by atoms with van der Waals surface area (Å²) in [4.78, 5) is 20.8. The van der Waals surface area contributed by atoms with Gasteiger partial charge in [-0.3, -0.25) is 0 Å². The number of phenols is 1. The molecule has 0 saturated carbocycles. The van der Waals surface area contributed by atoms with Gasteiger partial charge in [0, 0.05) is 26.4 Å². The van der Waals surface area contributed by atoms with Crippen molar-refractivity contribution in [2.45, 2.75) is 25.7 Å². The minimum absolute atomic E-state index is 0.252. The highest BCUT2D eigenvalue weighted by Crippen LogP contribution is 2.15. The third-order valence-electron chi connectivity index (χ3n) is 3.07. The van der Waals surface area contributed by atoms with Gasteiger partial charge in [-0.1, -0.05) is 0 Å². The number of hydrogen-bond acceptors (Lipinski definition) is 5. The van der Waals surface area contributed by atoms with E-state index in [1.54, 1.807) is 0 Å². The van der Waals surface area contributed by atoms with E-state index in [4.69, 9.17) is 24.8 Å². The minimum Gasteiger partial charge on any atom is -0.508 e. The van der Waals surface area contributed by atoms with Gasteiger partial charge in [0.15, 0.2) is 0 Å². The van der Waals surface area contributed by atoms with Gasteiger partial charge in [0.05, 0.1) is 11.1 Å². The summed E-state index contributed by atoms with van der Waals surface area (Å²) < 4.78 is 9.89. The molecule has 3 rings (SSSR count). The molecule has 2 saturated heterocycles. The van der Waals surface area contributed by atoms with Gasteiger partial charge in [0.2, 0.25) is 0 Å². The lowest BCUT2D eigenvalue weighted by Crippen LogP contribution is -2.01. The molecule has 0 bridgehead atoms. The fourth-order valence-electron chi connectivity index (χ4n) is 1.88. The molecule has 0 atom stereocenters. The maximum absolute atomic E-state index is 10.4. The van der Waals surface area contributed by atoms with E-state index in [0.29, 0.717) is 0 Å². The smallest absolute Gasteiger partial charge is 0.335 e. The fourth-order valence-corrected chi connectivity index (χ4v) is 1.88. The zero-order valence-electron chi connectivity index (χ0n) is 12.9. The molecule has 128 valence electrons. The van der Waals surface area contributed by atoms with Crippen molar-refractivity contribution in [1.29, 1.82) is 0 Å². The Balaban J connectivity index is 0.000000213. The summed E-state index contributed by atoms with van der Waals surface area (Å²) in [6, 6.07) is 2.94. The lowest BCUT2D eigenvalue weighted by atomic mass is 10.1. The molecule has 7 nitrogen and oxygen atoms in total. The number of rotatable bonds is 2. The van der Waals surface area contributed by atoms with Crippen molar-refractivity contribution in [2.24, 2.45) is 0 Å². The molecule has 2 fully saturated rings. The normalized spacial score (nSPS) is 15.8. The highest BCUT2D eigenvalue weighted by Gasteiger charge is 2.10. The summed E-state index contributed by atoms with van der Waals surface area (Å²) in [6.45, 7) is 4.00. The molecule has 2 heterocycles. The van der Waals surface area contributed by atoms with Crippen LogP contribution in [-0.2, 0) is 9.47 Å². The van der Waals surface area contributed by atoms with Crippen LogP contribution in [0.4, 0.5) is 0 Å². The van der Waals surface area contributed by atoms with Gasteiger partial charge in [-0.05, 0) is 43.9 Å². The van der Waals surface area contributed by atoms with E-state index in [1.165, 1.54) is 25.7 Å². The molecule has 23 heavy (non-hydrogen) atoms. The number of benzene rings is 1. The molecule has 2 aliphatic rings. The Morgan fingerprint density at radius 2 is 1.09 bits per heavy atom. The SMILES string of the molecule is C1CCOC1.C1CCOC1.O=C(O)c1cc(O)cc(C(=O)O)c1. The monoisotopic (exact) mass is 326 g/mol. The maximum Gasteiger partial charge on any atom is 0.335 e. The first-order chi connectivity index (χ1) is 11.0. The molecule has 0 amide bonds. The van der Waals surface area contributed by atoms with E-state index in [9.17, 15) is 9.59 Å². The molecule has 0 aliphatic carbocycles. The number of aromatic carboxylic acids is 2. The number of carbonyl (C=O) groups is 2. The van der Waals surface area contributed by atoms with E-state index in [2.05, 4.69) is 0 Å². The Bertz CT molecular complexity index is 448. The fraction of sp³-hybridized carbons (Fsp3) is 0.500. The molecule has 3 N–H and O–H groups in total. The lowest BCUT2D eigenvalue weighted by molar-refractivity contribution is 0.0696. The van der Waals surface area contributed by atoms with Crippen LogP contribution in [0.1, 0.15) is 46.4 Å². The maximum atomic E-state index is 10.4. The Labute approximate surface area is 134 Å². The van der Waals surface area contributed by atoms with Gasteiger partial charge >= 0.3 is 11.9 Å². The molecule has 0 aromatic heterocycles. The summed E-state index contributed by atoms with van der Waals surface area (Å²) in [7, 11) is 0. The lowest BCUT2D eigenvalue weighted by Gasteiger charge is -1.98. The summed E-state index contributed by atoms with van der Waals surface area (Å²) in [5, 5.41) is 26.0. The second-order valence-electron chi connectivity index (χ2n) is 5.02. The van der Waals surface area contributed by atoms with Crippen molar-refractivity contribution in [3.05, 3.63) is 29.3 Å². The average Bonchev–Trinajstić information content (AvgIpc) is 3.24. The first-order valence-corrected chi connectivity index (χ1v) is 7.47. The number of phenolic OH excluding ortho intramolecular Hbond substituents is 1. The second-order valence-corrected chi connectivity index (χ2v) is 5.02. The van der Waals surface area contributed by atoms with Gasteiger partial charge in [-0.2, -0.15) is 0 Å². The Morgan fingerprint density at radius 3 is 1.30 bits per heavy atom. The molecular formula is C16H22O7. The van der Waals surface area contributed by atoms with Gasteiger partial charge < -0.3 is 24.8 Å². The van der Waals surface area contributed by atoms with Crippen molar-refractivity contribution in [3.8, 4) is 5.75 Å². The van der Waals surface area contributed by atoms with Crippen LogP contribution < -0.4 is 0 Å². The van der Waals surface area contributed by atoms with Crippen LogP contribution in [0.5, 0.6) is 5.75 Å². The van der Waals surface area contributed by atoms with Gasteiger partial charge in [0.25, 0.3) is 0 Å². The molecule has 0 unspecified atom stereocenters. The highest BCUT2D eigenvalue weighted by atomic mass is 16.5. The Hall–Kier alpha value is -2.12. The Morgan fingerprint density at radius 1 is 0.739 bits per heavy atom. The number of carboxylic acid groups (broad SMARTS) is 2. The van der Waals surface area contributed by atoms with E-state index < -0.39 is 11.9 Å². The van der Waals surface area contributed by atoms with Crippen LogP contribution in [0.15, 0.2) is 18.2 Å². The first-order valence-electron chi connectivity index (χ1n) is 7.47. The average molecular weight is 326 g/mol. The molecular weight excluding hydrogens is 304 g/mol. The van der Waals surface area contributed by atoms with E-state index >= 15 is 0 Å². The summed E-state index contributed by atoms with van der Waals surface area (Å²) >= 11 is 0. The molecule has 7 heteroatoms. The van der Waals surface area contributed by atoms with Crippen LogP contribution >= 0.6 is 0 Å². The van der Waals surface area contributed by atoms with Crippen molar-refractivity contribution < 1.29 is 34.4 Å². The van der Waals surface area contributed by atoms with Crippen LogP contribution in [0.2, 0.25) is 0 Å². The van der Waals surface area contributed by atoms with E-state index in [0.717, 1.165) is 44.6 Å². The van der Waals surface area contributed by atoms with Crippen LogP contribution in [0.3, 0.4) is 0 Å². The predicted octanol–water partition coefficient (Wildman–Crippen LogP) is 2.38. The quantitative estimate of drug-likeness (QED) is 0.764. The number of aromatic hydroxyl groups is 1. The molecule has 1 aromatic carbocycles. The largest absolute Gasteiger partial charge is 0.508 e. The topological polar surface area (TPSA) is 113 Å². The third kappa shape index (κ3) is 8.18. The highest BCUT2D eigenvalue weighted by molar-refractivity contribution is 5.94. The van der Waals surface area contributed by atoms with E-state index in [-0.39, 0.29) is 16.9 Å². The van der Waals surface area contributed by atoms with Crippen molar-refractivity contribution in [2.75, 3.05) is 26.4 Å². The first kappa shape index (κ1) is 18.9. The van der Waals surface area contributed by atoms with Gasteiger partial charge in [-0.25, -0.2) is 9.59 Å². The van der Waals surface area contributed by atoms with Crippen LogP contribution in [-0.4, -0.2) is 53.7 Å². The Kier molecular flexibility index (Phi) is 8.71. The molecule has 0 radical (unpaired) electrons. The standard InChI is InChI=1S/C8H6O5.2C4H8O/c9-6-2-4(7(10)11)1-5(3-6)8(12)13;2*1-2-4-5-3-1/h1-3,9H,(H,10,11)(H,12,13);2*1-4H2. The molecule has 2 aliphatic heterocycles. The van der Waals surface area contributed by atoms with Crippen molar-refractivity contribution in [3.63, 3.8) is 0 Å². The van der Waals surface area contributed by atoms with Crippen LogP contribution in [0, 0.1) is 0 Å². The minimum atomic E-state index is -1.28. The zero-order chi connectivity index (χ0) is 17.1. The van der Waals surface area contributed by atoms with Gasteiger partial charge in [-0.15, -0.1) is 0 Å². The zero-order valence-corrected chi connectivity index (χ0v) is 12.9. The summed E-state index contributed by atoms with van der Waals surface area (Å²) in [6.07, 6.45) is 5.11. The van der Waals surface area contributed by atoms with Crippen molar-refractivity contribution >= 4 is 11.9 Å². The summed E-state index contributed by atoms with van der Waals surface area (Å²) in [5.41, 5.74) is -0.505. The second kappa shape index (κ2) is 10.6. The number of ether oxygens (including phenoxy) is 2. The number of carboxylic acids is 2. The van der Waals surface area contributed by atoms with Gasteiger partial charge in [0.1, 0.15) is 5.75 Å².